The number of anilines is 1. The van der Waals surface area contributed by atoms with Crippen molar-refractivity contribution in [1.29, 1.82) is 0 Å². The minimum absolute atomic E-state index is 0.0931. The number of carbonyl (C=O) groups excluding carboxylic acids is 1. The first-order valence-corrected chi connectivity index (χ1v) is 9.66. The van der Waals surface area contributed by atoms with E-state index in [1.165, 1.54) is 23.9 Å². The number of benzene rings is 2. The van der Waals surface area contributed by atoms with Crippen LogP contribution in [0.5, 0.6) is 0 Å². The Kier molecular flexibility index (Phi) is 6.19. The number of halogens is 1. The number of hydrogen-bond donors (Lipinski definition) is 1. The van der Waals surface area contributed by atoms with Crippen LogP contribution >= 0.6 is 11.8 Å². The molecule has 0 bridgehead atoms. The van der Waals surface area contributed by atoms with Gasteiger partial charge >= 0.3 is 0 Å². The molecule has 0 atom stereocenters. The van der Waals surface area contributed by atoms with Crippen LogP contribution in [0, 0.1) is 12.7 Å². The predicted molar refractivity (Wildman–Crippen MR) is 107 cm³/mol. The minimum atomic E-state index is -0.333. The van der Waals surface area contributed by atoms with E-state index in [0.29, 0.717) is 16.4 Å². The van der Waals surface area contributed by atoms with Crippen LogP contribution in [0.15, 0.2) is 59.6 Å². The summed E-state index contributed by atoms with van der Waals surface area (Å²) in [6, 6.07) is 15.8. The third-order valence-corrected chi connectivity index (χ3v) is 4.85. The van der Waals surface area contributed by atoms with E-state index in [1.54, 1.807) is 12.1 Å². The van der Waals surface area contributed by atoms with E-state index in [-0.39, 0.29) is 17.5 Å². The highest BCUT2D eigenvalue weighted by Gasteiger charge is 2.10. The van der Waals surface area contributed by atoms with Crippen LogP contribution < -0.4 is 5.32 Å². The third-order valence-electron chi connectivity index (χ3n) is 3.94. The van der Waals surface area contributed by atoms with Crippen LogP contribution in [-0.4, -0.2) is 21.6 Å². The zero-order chi connectivity index (χ0) is 19.2. The number of hydrogen-bond acceptors (Lipinski definition) is 4. The van der Waals surface area contributed by atoms with Gasteiger partial charge in [0.25, 0.3) is 0 Å². The Bertz CT molecular complexity index is 962. The lowest BCUT2D eigenvalue weighted by atomic mass is 10.1. The molecule has 2 aromatic carbocycles. The van der Waals surface area contributed by atoms with E-state index < -0.39 is 0 Å². The lowest BCUT2D eigenvalue weighted by Crippen LogP contribution is -2.15. The number of amides is 1. The van der Waals surface area contributed by atoms with Gasteiger partial charge in [-0.05, 0) is 43.2 Å². The molecule has 4 nitrogen and oxygen atoms in total. The van der Waals surface area contributed by atoms with Crippen molar-refractivity contribution in [2.45, 2.75) is 25.3 Å². The Morgan fingerprint density at radius 2 is 1.93 bits per heavy atom. The molecule has 3 aromatic rings. The molecule has 1 heterocycles. The van der Waals surface area contributed by atoms with Gasteiger partial charge in [0, 0.05) is 16.9 Å². The van der Waals surface area contributed by atoms with E-state index in [9.17, 15) is 9.18 Å². The summed E-state index contributed by atoms with van der Waals surface area (Å²) in [5, 5.41) is 3.63. The molecule has 0 fully saturated rings. The monoisotopic (exact) mass is 381 g/mol. The first-order chi connectivity index (χ1) is 13.0. The number of rotatable bonds is 6. The Labute approximate surface area is 162 Å². The van der Waals surface area contributed by atoms with E-state index in [2.05, 4.69) is 22.2 Å². The summed E-state index contributed by atoms with van der Waals surface area (Å²) < 4.78 is 13.5. The highest BCUT2D eigenvalue weighted by molar-refractivity contribution is 7.99. The molecule has 1 amide bonds. The van der Waals surface area contributed by atoms with Gasteiger partial charge in [0.15, 0.2) is 5.82 Å². The maximum absolute atomic E-state index is 13.5. The summed E-state index contributed by atoms with van der Waals surface area (Å²) in [7, 11) is 0. The summed E-state index contributed by atoms with van der Waals surface area (Å²) >= 11 is 1.33. The molecule has 0 saturated carbocycles. The number of thioether (sulfide) groups is 1. The maximum Gasteiger partial charge on any atom is 0.234 e. The number of aryl methyl sites for hydroxylation is 2. The van der Waals surface area contributed by atoms with Gasteiger partial charge in [-0.2, -0.15) is 0 Å². The number of nitrogens with one attached hydrogen (secondary N) is 1. The SMILES string of the molecule is CCc1ccccc1NC(=O)CSc1cc(C)nc(-c2cccc(F)c2)n1. The van der Waals surface area contributed by atoms with Crippen LogP contribution in [-0.2, 0) is 11.2 Å². The van der Waals surface area contributed by atoms with Crippen molar-refractivity contribution in [2.24, 2.45) is 0 Å². The normalized spacial score (nSPS) is 10.6. The summed E-state index contributed by atoms with van der Waals surface area (Å²) in [4.78, 5) is 21.1. The fourth-order valence-corrected chi connectivity index (χ4v) is 3.40. The molecule has 0 radical (unpaired) electrons. The highest BCUT2D eigenvalue weighted by atomic mass is 32.2. The average molecular weight is 381 g/mol. The largest absolute Gasteiger partial charge is 0.325 e. The van der Waals surface area contributed by atoms with Gasteiger partial charge in [0.2, 0.25) is 5.91 Å². The van der Waals surface area contributed by atoms with Crippen LogP contribution in [0.2, 0.25) is 0 Å². The summed E-state index contributed by atoms with van der Waals surface area (Å²) in [5.74, 6) is 0.260. The first-order valence-electron chi connectivity index (χ1n) is 8.67. The second kappa shape index (κ2) is 8.77. The Morgan fingerprint density at radius 1 is 1.11 bits per heavy atom. The summed E-state index contributed by atoms with van der Waals surface area (Å²) in [6.07, 6.45) is 0.853. The number of carbonyl (C=O) groups is 1. The molecule has 1 N–H and O–H groups in total. The first kappa shape index (κ1) is 19.0. The van der Waals surface area contributed by atoms with Gasteiger partial charge in [-0.25, -0.2) is 14.4 Å². The molecule has 6 heteroatoms. The number of para-hydroxylation sites is 1. The van der Waals surface area contributed by atoms with E-state index in [4.69, 9.17) is 0 Å². The van der Waals surface area contributed by atoms with Crippen molar-refractivity contribution >= 4 is 23.4 Å². The smallest absolute Gasteiger partial charge is 0.234 e. The molecule has 0 aliphatic heterocycles. The molecule has 0 spiro atoms. The van der Waals surface area contributed by atoms with Crippen molar-refractivity contribution in [3.63, 3.8) is 0 Å². The molecular weight excluding hydrogens is 361 g/mol. The Balaban J connectivity index is 1.70. The van der Waals surface area contributed by atoms with Gasteiger partial charge in [-0.15, -0.1) is 0 Å². The standard InChI is InChI=1S/C21H20FN3OS/c1-3-15-7-4-5-10-18(15)24-19(26)13-27-20-11-14(2)23-21(25-20)16-8-6-9-17(22)12-16/h4-12H,3,13H2,1-2H3,(H,24,26). The van der Waals surface area contributed by atoms with Crippen LogP contribution in [0.4, 0.5) is 10.1 Å². The molecule has 27 heavy (non-hydrogen) atoms. The van der Waals surface area contributed by atoms with Crippen molar-refractivity contribution in [3.05, 3.63) is 71.7 Å². The number of aromatic nitrogens is 2. The predicted octanol–water partition coefficient (Wildman–Crippen LogP) is 4.88. The molecule has 0 unspecified atom stereocenters. The van der Waals surface area contributed by atoms with Crippen LogP contribution in [0.25, 0.3) is 11.4 Å². The fourth-order valence-electron chi connectivity index (χ4n) is 2.65. The van der Waals surface area contributed by atoms with Crippen molar-refractivity contribution in [2.75, 3.05) is 11.1 Å². The zero-order valence-electron chi connectivity index (χ0n) is 15.2. The van der Waals surface area contributed by atoms with Crippen LogP contribution in [0.1, 0.15) is 18.2 Å². The molecule has 0 aliphatic carbocycles. The molecule has 0 saturated heterocycles. The van der Waals surface area contributed by atoms with Crippen molar-refractivity contribution < 1.29 is 9.18 Å². The molecule has 138 valence electrons. The van der Waals surface area contributed by atoms with E-state index in [1.807, 2.05) is 37.3 Å². The average Bonchev–Trinajstić information content (AvgIpc) is 2.66. The molecule has 1 aromatic heterocycles. The van der Waals surface area contributed by atoms with Gasteiger partial charge in [0.1, 0.15) is 10.8 Å². The van der Waals surface area contributed by atoms with Crippen LogP contribution in [0.3, 0.4) is 0 Å². The molecule has 0 aliphatic rings. The van der Waals surface area contributed by atoms with Gasteiger partial charge in [-0.1, -0.05) is 49.0 Å². The maximum atomic E-state index is 13.5. The summed E-state index contributed by atoms with van der Waals surface area (Å²) in [6.45, 7) is 3.91. The van der Waals surface area contributed by atoms with Gasteiger partial charge < -0.3 is 5.32 Å². The minimum Gasteiger partial charge on any atom is -0.325 e. The topological polar surface area (TPSA) is 54.9 Å². The fraction of sp³-hybridized carbons (Fsp3) is 0.190. The van der Waals surface area contributed by atoms with E-state index >= 15 is 0 Å². The second-order valence-corrected chi connectivity index (χ2v) is 7.02. The van der Waals surface area contributed by atoms with Gasteiger partial charge in [0.05, 0.1) is 5.75 Å². The third kappa shape index (κ3) is 5.14. The zero-order valence-corrected chi connectivity index (χ0v) is 16.0. The second-order valence-electron chi connectivity index (χ2n) is 6.03. The van der Waals surface area contributed by atoms with Crippen molar-refractivity contribution in [1.82, 2.24) is 9.97 Å². The summed E-state index contributed by atoms with van der Waals surface area (Å²) in [5.41, 5.74) is 3.32. The highest BCUT2D eigenvalue weighted by Crippen LogP contribution is 2.23. The van der Waals surface area contributed by atoms with Gasteiger partial charge in [-0.3, -0.25) is 4.79 Å². The Morgan fingerprint density at radius 3 is 2.70 bits per heavy atom. The lowest BCUT2D eigenvalue weighted by molar-refractivity contribution is -0.113. The number of nitrogens with zero attached hydrogens (tertiary/aromatic N) is 2. The van der Waals surface area contributed by atoms with Crippen molar-refractivity contribution in [3.8, 4) is 11.4 Å². The lowest BCUT2D eigenvalue weighted by Gasteiger charge is -2.10. The Hall–Kier alpha value is -2.73. The molecular formula is C21H20FN3OS. The quantitative estimate of drug-likeness (QED) is 0.488. The van der Waals surface area contributed by atoms with E-state index in [0.717, 1.165) is 23.4 Å². The molecule has 3 rings (SSSR count).